The molecule has 3 fully saturated rings. The molecule has 0 amide bonds. The number of Topliss-reactive ketones (excluding diaryl/α,β-unsaturated/α-hetero) is 1. The Labute approximate surface area is 295 Å². The maximum absolute atomic E-state index is 12.2. The molecule has 3 aliphatic heterocycles. The summed E-state index contributed by atoms with van der Waals surface area (Å²) in [5, 5.41) is 0. The molecule has 0 aromatic rings. The van der Waals surface area contributed by atoms with E-state index < -0.39 is 17.8 Å². The summed E-state index contributed by atoms with van der Waals surface area (Å²) in [5.74, 6) is 0.0477. The Kier molecular flexibility index (Phi) is 21.5. The van der Waals surface area contributed by atoms with E-state index in [1.165, 1.54) is 0 Å². The van der Waals surface area contributed by atoms with Gasteiger partial charge in [-0.2, -0.15) is 0 Å². The highest BCUT2D eigenvalue weighted by atomic mass is 16.7. The molecule has 5 atom stereocenters. The zero-order valence-electron chi connectivity index (χ0n) is 31.2. The van der Waals surface area contributed by atoms with Crippen molar-refractivity contribution in [3.05, 3.63) is 25.3 Å². The average molecular weight is 703 g/mol. The van der Waals surface area contributed by atoms with E-state index in [1.54, 1.807) is 6.08 Å². The average Bonchev–Trinajstić information content (AvgIpc) is 3.82. The van der Waals surface area contributed by atoms with E-state index in [4.69, 9.17) is 52.1 Å². The Hall–Kier alpha value is -1.29. The highest BCUT2D eigenvalue weighted by molar-refractivity contribution is 5.85. The third-order valence-electron chi connectivity index (χ3n) is 7.88. The first-order valence-corrected chi connectivity index (χ1v) is 18.0. The minimum atomic E-state index is -0.592. The summed E-state index contributed by atoms with van der Waals surface area (Å²) < 4.78 is 61.7. The summed E-state index contributed by atoms with van der Waals surface area (Å²) in [7, 11) is 0. The largest absolute Gasteiger partial charge is 0.379 e. The summed E-state index contributed by atoms with van der Waals surface area (Å²) in [4.78, 5) is 12.2. The molecule has 0 aliphatic carbocycles. The second kappa shape index (κ2) is 24.0. The molecule has 3 heterocycles. The van der Waals surface area contributed by atoms with Crippen LogP contribution in [0.25, 0.3) is 0 Å². The highest BCUT2D eigenvalue weighted by Crippen LogP contribution is 2.47. The molecule has 0 radical (unpaired) electrons. The molecular formula is C37H66O12. The molecule has 49 heavy (non-hydrogen) atoms. The quantitative estimate of drug-likeness (QED) is 0.0717. The summed E-state index contributed by atoms with van der Waals surface area (Å²) in [6, 6.07) is 0. The lowest BCUT2D eigenvalue weighted by atomic mass is 9.83. The fraction of sp³-hybridized carbons (Fsp3) is 0.865. The van der Waals surface area contributed by atoms with Crippen LogP contribution in [0.1, 0.15) is 67.2 Å². The van der Waals surface area contributed by atoms with Crippen LogP contribution in [-0.2, 0) is 56.9 Å². The van der Waals surface area contributed by atoms with Crippen molar-refractivity contribution in [2.45, 2.75) is 108 Å². The summed E-state index contributed by atoms with van der Waals surface area (Å²) in [5.41, 5.74) is -0.906. The van der Waals surface area contributed by atoms with Gasteiger partial charge in [0.25, 0.3) is 0 Å². The van der Waals surface area contributed by atoms with Crippen molar-refractivity contribution >= 4 is 5.78 Å². The van der Waals surface area contributed by atoms with Gasteiger partial charge in [0, 0.05) is 26.1 Å². The van der Waals surface area contributed by atoms with E-state index in [0.717, 1.165) is 39.1 Å². The number of rotatable bonds is 26. The Bertz CT molecular complexity index is 906. The molecule has 0 aromatic carbocycles. The first-order chi connectivity index (χ1) is 23.5. The van der Waals surface area contributed by atoms with E-state index in [0.29, 0.717) is 85.7 Å². The van der Waals surface area contributed by atoms with Crippen LogP contribution in [0.5, 0.6) is 0 Å². The normalized spacial score (nSPS) is 27.0. The van der Waals surface area contributed by atoms with Gasteiger partial charge in [-0.05, 0) is 40.5 Å². The Morgan fingerprint density at radius 1 is 0.633 bits per heavy atom. The molecule has 12 nitrogen and oxygen atoms in total. The fourth-order valence-corrected chi connectivity index (χ4v) is 5.75. The predicted octanol–water partition coefficient (Wildman–Crippen LogP) is 4.51. The van der Waals surface area contributed by atoms with Crippen molar-refractivity contribution in [1.82, 2.24) is 0 Å². The monoisotopic (exact) mass is 702 g/mol. The first kappa shape index (κ1) is 43.9. The number of hydrogen-bond donors (Lipinski definition) is 0. The van der Waals surface area contributed by atoms with Crippen LogP contribution in [0.15, 0.2) is 25.3 Å². The third kappa shape index (κ3) is 17.7. The first-order valence-electron chi connectivity index (χ1n) is 18.0. The summed E-state index contributed by atoms with van der Waals surface area (Å²) in [6.07, 6.45) is 5.39. The number of hydrogen-bond acceptors (Lipinski definition) is 12. The van der Waals surface area contributed by atoms with Gasteiger partial charge in [-0.3, -0.25) is 4.79 Å². The van der Waals surface area contributed by atoms with E-state index in [2.05, 4.69) is 40.9 Å². The van der Waals surface area contributed by atoms with Gasteiger partial charge in [0.05, 0.1) is 97.1 Å². The van der Waals surface area contributed by atoms with Crippen molar-refractivity contribution in [2.75, 3.05) is 99.1 Å². The third-order valence-corrected chi connectivity index (χ3v) is 7.88. The molecule has 3 rings (SSSR count). The van der Waals surface area contributed by atoms with E-state index in [-0.39, 0.29) is 29.2 Å². The van der Waals surface area contributed by atoms with Gasteiger partial charge in [-0.15, -0.1) is 13.2 Å². The number of carbonyl (C=O) groups excluding carboxylic acids is 1. The lowest BCUT2D eigenvalue weighted by Crippen LogP contribution is -2.55. The number of ketones is 1. The maximum Gasteiger partial charge on any atom is 0.167 e. The van der Waals surface area contributed by atoms with Crippen molar-refractivity contribution in [3.8, 4) is 0 Å². The summed E-state index contributed by atoms with van der Waals surface area (Å²) in [6.45, 7) is 28.3. The lowest BCUT2D eigenvalue weighted by Gasteiger charge is -2.43. The molecule has 3 aliphatic rings. The van der Waals surface area contributed by atoms with Crippen LogP contribution in [-0.4, -0.2) is 146 Å². The Morgan fingerprint density at radius 2 is 1.04 bits per heavy atom. The minimum Gasteiger partial charge on any atom is -0.379 e. The van der Waals surface area contributed by atoms with Gasteiger partial charge in [-0.1, -0.05) is 26.0 Å². The SMILES string of the molecule is C=C[C@H]1OC(C)(C)CC(=O)[C@@H]1OCCOCCOCCOCCC.C=C[C@H]1OC(C)(C)C[C@@]2(CO2)[C@@H]1OCCOCCOCCOCCC. The molecule has 1 spiro atoms. The van der Waals surface area contributed by atoms with E-state index in [9.17, 15) is 4.79 Å². The van der Waals surface area contributed by atoms with Crippen LogP contribution in [0.4, 0.5) is 0 Å². The summed E-state index contributed by atoms with van der Waals surface area (Å²) >= 11 is 0. The van der Waals surface area contributed by atoms with E-state index >= 15 is 0 Å². The zero-order valence-corrected chi connectivity index (χ0v) is 31.2. The van der Waals surface area contributed by atoms with E-state index in [1.807, 2.05) is 19.9 Å². The minimum absolute atomic E-state index is 0.0477. The van der Waals surface area contributed by atoms with Gasteiger partial charge in [0.15, 0.2) is 5.78 Å². The molecule has 0 bridgehead atoms. The molecule has 12 heteroatoms. The van der Waals surface area contributed by atoms with Crippen molar-refractivity contribution < 1.29 is 56.9 Å². The van der Waals surface area contributed by atoms with Crippen LogP contribution in [0.3, 0.4) is 0 Å². The highest BCUT2D eigenvalue weighted by Gasteiger charge is 2.61. The molecule has 286 valence electrons. The predicted molar refractivity (Wildman–Crippen MR) is 186 cm³/mol. The molecule has 0 aromatic heterocycles. The fourth-order valence-electron chi connectivity index (χ4n) is 5.75. The number of ether oxygens (including phenoxy) is 11. The second-order valence-electron chi connectivity index (χ2n) is 13.6. The molecule has 0 unspecified atom stereocenters. The maximum atomic E-state index is 12.2. The topological polar surface area (TPSA) is 122 Å². The smallest absolute Gasteiger partial charge is 0.167 e. The standard InChI is InChI=1S/C19H34O6.C18H32O6/c1-5-7-20-8-9-21-10-11-22-12-13-23-17-16(6-2)25-18(3,4)14-19(17)15-24-19;1-5-7-20-8-9-21-10-11-22-12-13-23-17-15(19)14-18(3,4)24-16(17)6-2/h6,16-17H,2,5,7-15H2,1,3-4H3;6,16-17H,2,5,7-14H2,1,3-4H3/t16-,17-,19-;16-,17+/m11/s1. The van der Waals surface area contributed by atoms with Gasteiger partial charge >= 0.3 is 0 Å². The zero-order chi connectivity index (χ0) is 36.0. The van der Waals surface area contributed by atoms with Gasteiger partial charge in [-0.25, -0.2) is 0 Å². The molecule has 0 saturated carbocycles. The Morgan fingerprint density at radius 3 is 1.47 bits per heavy atom. The van der Waals surface area contributed by atoms with Gasteiger partial charge < -0.3 is 52.1 Å². The second-order valence-corrected chi connectivity index (χ2v) is 13.6. The number of epoxide rings is 1. The van der Waals surface area contributed by atoms with Gasteiger partial charge in [0.2, 0.25) is 0 Å². The van der Waals surface area contributed by atoms with Crippen LogP contribution in [0.2, 0.25) is 0 Å². The van der Waals surface area contributed by atoms with Crippen LogP contribution in [0, 0.1) is 0 Å². The van der Waals surface area contributed by atoms with Gasteiger partial charge in [0.1, 0.15) is 30.0 Å². The molecule has 0 N–H and O–H groups in total. The van der Waals surface area contributed by atoms with Crippen molar-refractivity contribution in [1.29, 1.82) is 0 Å². The van der Waals surface area contributed by atoms with Crippen molar-refractivity contribution in [2.24, 2.45) is 0 Å². The van der Waals surface area contributed by atoms with Crippen molar-refractivity contribution in [3.63, 3.8) is 0 Å². The Balaban J connectivity index is 0.000000341. The number of carbonyl (C=O) groups is 1. The lowest BCUT2D eigenvalue weighted by molar-refractivity contribution is -0.191. The molecular weight excluding hydrogens is 636 g/mol. The molecule has 3 saturated heterocycles. The van der Waals surface area contributed by atoms with Crippen LogP contribution < -0.4 is 0 Å². The van der Waals surface area contributed by atoms with Crippen LogP contribution >= 0.6 is 0 Å².